The number of amides is 1. The van der Waals surface area contributed by atoms with Crippen LogP contribution in [0.5, 0.6) is 0 Å². The monoisotopic (exact) mass is 311 g/mol. The van der Waals surface area contributed by atoms with Gasteiger partial charge in [-0.05, 0) is 37.8 Å². The van der Waals surface area contributed by atoms with E-state index in [1.165, 1.54) is 6.07 Å². The molecule has 0 heterocycles. The minimum atomic E-state index is -0.424. The maximum absolute atomic E-state index is 11.1. The van der Waals surface area contributed by atoms with Crippen LogP contribution in [0.1, 0.15) is 31.2 Å². The second kappa shape index (κ2) is 6.87. The second-order valence-corrected chi connectivity index (χ2v) is 5.80. The van der Waals surface area contributed by atoms with E-state index in [9.17, 15) is 14.9 Å². The molecular formula is C14H18ClN3O3. The van der Waals surface area contributed by atoms with Gasteiger partial charge in [0.2, 0.25) is 5.91 Å². The van der Waals surface area contributed by atoms with Crippen LogP contribution in [-0.2, 0) is 11.3 Å². The van der Waals surface area contributed by atoms with Gasteiger partial charge in [0.1, 0.15) is 0 Å². The maximum atomic E-state index is 11.1. The van der Waals surface area contributed by atoms with Crippen molar-refractivity contribution in [2.75, 3.05) is 0 Å². The molecule has 21 heavy (non-hydrogen) atoms. The summed E-state index contributed by atoms with van der Waals surface area (Å²) < 4.78 is 0. The van der Waals surface area contributed by atoms with Crippen molar-refractivity contribution >= 4 is 23.2 Å². The largest absolute Gasteiger partial charge is 0.369 e. The predicted molar refractivity (Wildman–Crippen MR) is 79.9 cm³/mol. The van der Waals surface area contributed by atoms with Gasteiger partial charge < -0.3 is 11.1 Å². The fourth-order valence-corrected chi connectivity index (χ4v) is 2.86. The lowest BCUT2D eigenvalue weighted by Crippen LogP contribution is -2.36. The normalized spacial score (nSPS) is 22.0. The van der Waals surface area contributed by atoms with Gasteiger partial charge in [0.05, 0.1) is 4.92 Å². The number of rotatable bonds is 5. The fraction of sp³-hybridized carbons (Fsp3) is 0.500. The molecule has 1 aromatic rings. The molecule has 0 radical (unpaired) electrons. The summed E-state index contributed by atoms with van der Waals surface area (Å²) in [5.74, 6) is -0.269. The number of carbonyl (C=O) groups is 1. The summed E-state index contributed by atoms with van der Waals surface area (Å²) in [6.07, 6.45) is 3.26. The molecule has 6 nitrogen and oxygen atoms in total. The topological polar surface area (TPSA) is 98.3 Å². The van der Waals surface area contributed by atoms with Gasteiger partial charge in [0.25, 0.3) is 5.69 Å². The van der Waals surface area contributed by atoms with E-state index in [2.05, 4.69) is 5.32 Å². The summed E-state index contributed by atoms with van der Waals surface area (Å²) in [6.45, 7) is 0.416. The van der Waals surface area contributed by atoms with Gasteiger partial charge >= 0.3 is 0 Å². The van der Waals surface area contributed by atoms with E-state index in [0.29, 0.717) is 17.1 Å². The van der Waals surface area contributed by atoms with Gasteiger partial charge in [-0.15, -0.1) is 0 Å². The molecule has 0 unspecified atom stereocenters. The standard InChI is InChI=1S/C14H18ClN3O3/c15-11-4-1-10(13(7-11)18(20)21)8-17-12-5-2-9(3-6-12)14(16)19/h1,4,7,9,12,17H,2-3,5-6,8H2,(H2,16,19). The molecular weight excluding hydrogens is 294 g/mol. The number of nitrogens with one attached hydrogen (secondary N) is 1. The molecule has 0 aliphatic heterocycles. The van der Waals surface area contributed by atoms with E-state index in [-0.39, 0.29) is 23.6 Å². The fourth-order valence-electron chi connectivity index (χ4n) is 2.69. The van der Waals surface area contributed by atoms with Crippen molar-refractivity contribution in [3.63, 3.8) is 0 Å². The highest BCUT2D eigenvalue weighted by molar-refractivity contribution is 6.30. The molecule has 7 heteroatoms. The molecule has 1 aromatic carbocycles. The smallest absolute Gasteiger partial charge is 0.275 e. The Morgan fingerprint density at radius 1 is 1.38 bits per heavy atom. The van der Waals surface area contributed by atoms with Crippen LogP contribution in [-0.4, -0.2) is 16.9 Å². The predicted octanol–water partition coefficient (Wildman–Crippen LogP) is 2.38. The molecule has 1 amide bonds. The first-order valence-electron chi connectivity index (χ1n) is 6.93. The van der Waals surface area contributed by atoms with Crippen molar-refractivity contribution in [2.45, 2.75) is 38.3 Å². The van der Waals surface area contributed by atoms with E-state index in [0.717, 1.165) is 25.7 Å². The highest BCUT2D eigenvalue weighted by Crippen LogP contribution is 2.26. The van der Waals surface area contributed by atoms with Crippen LogP contribution in [0.15, 0.2) is 18.2 Å². The Bertz CT molecular complexity index is 542. The van der Waals surface area contributed by atoms with Crippen molar-refractivity contribution in [3.05, 3.63) is 38.9 Å². The summed E-state index contributed by atoms with van der Waals surface area (Å²) >= 11 is 5.79. The highest BCUT2D eigenvalue weighted by Gasteiger charge is 2.24. The lowest BCUT2D eigenvalue weighted by atomic mass is 9.85. The third-order valence-electron chi connectivity index (χ3n) is 3.95. The van der Waals surface area contributed by atoms with Gasteiger partial charge in [-0.2, -0.15) is 0 Å². The van der Waals surface area contributed by atoms with Gasteiger partial charge in [-0.25, -0.2) is 0 Å². The molecule has 3 N–H and O–H groups in total. The molecule has 0 spiro atoms. The van der Waals surface area contributed by atoms with Crippen LogP contribution >= 0.6 is 11.6 Å². The summed E-state index contributed by atoms with van der Waals surface area (Å²) in [5.41, 5.74) is 5.94. The van der Waals surface area contributed by atoms with Gasteiger partial charge in [0, 0.05) is 35.2 Å². The lowest BCUT2D eigenvalue weighted by Gasteiger charge is -2.27. The van der Waals surface area contributed by atoms with Gasteiger partial charge in [-0.1, -0.05) is 11.6 Å². The Hall–Kier alpha value is -1.66. The third-order valence-corrected chi connectivity index (χ3v) is 4.19. The number of nitro benzene ring substituents is 1. The minimum absolute atomic E-state index is 0.0285. The number of benzene rings is 1. The van der Waals surface area contributed by atoms with Crippen LogP contribution in [0.2, 0.25) is 5.02 Å². The van der Waals surface area contributed by atoms with Crippen molar-refractivity contribution in [3.8, 4) is 0 Å². The zero-order valence-corrected chi connectivity index (χ0v) is 12.3. The molecule has 0 saturated heterocycles. The number of primary amides is 1. The number of hydrogen-bond acceptors (Lipinski definition) is 4. The van der Waals surface area contributed by atoms with Crippen molar-refractivity contribution in [1.82, 2.24) is 5.32 Å². The number of halogens is 1. The van der Waals surface area contributed by atoms with Crippen LogP contribution in [0, 0.1) is 16.0 Å². The van der Waals surface area contributed by atoms with Crippen molar-refractivity contribution in [2.24, 2.45) is 11.7 Å². The average molecular weight is 312 g/mol. The number of carbonyl (C=O) groups excluding carboxylic acids is 1. The Morgan fingerprint density at radius 3 is 2.62 bits per heavy atom. The summed E-state index contributed by atoms with van der Waals surface area (Å²) in [6, 6.07) is 4.94. The molecule has 2 rings (SSSR count). The highest BCUT2D eigenvalue weighted by atomic mass is 35.5. The van der Waals surface area contributed by atoms with E-state index in [1.807, 2.05) is 0 Å². The second-order valence-electron chi connectivity index (χ2n) is 5.36. The zero-order valence-electron chi connectivity index (χ0n) is 11.5. The average Bonchev–Trinajstić information content (AvgIpc) is 2.46. The van der Waals surface area contributed by atoms with Gasteiger partial charge in [-0.3, -0.25) is 14.9 Å². The summed E-state index contributed by atoms with van der Waals surface area (Å²) in [5, 5.41) is 14.7. The zero-order chi connectivity index (χ0) is 15.4. The Balaban J connectivity index is 1.92. The Morgan fingerprint density at radius 2 is 2.05 bits per heavy atom. The number of nitrogens with two attached hydrogens (primary N) is 1. The lowest BCUT2D eigenvalue weighted by molar-refractivity contribution is -0.385. The molecule has 1 fully saturated rings. The Labute approximate surface area is 127 Å². The number of nitro groups is 1. The Kier molecular flexibility index (Phi) is 5.14. The summed E-state index contributed by atoms with van der Waals surface area (Å²) in [4.78, 5) is 21.7. The summed E-state index contributed by atoms with van der Waals surface area (Å²) in [7, 11) is 0. The first-order valence-corrected chi connectivity index (χ1v) is 7.30. The number of hydrogen-bond donors (Lipinski definition) is 2. The van der Waals surface area contributed by atoms with E-state index >= 15 is 0 Å². The third kappa shape index (κ3) is 4.15. The first-order chi connectivity index (χ1) is 9.97. The first kappa shape index (κ1) is 15.7. The van der Waals surface area contributed by atoms with E-state index < -0.39 is 4.92 Å². The molecule has 0 bridgehead atoms. The molecule has 1 saturated carbocycles. The van der Waals surface area contributed by atoms with E-state index in [1.54, 1.807) is 12.1 Å². The molecule has 0 atom stereocenters. The molecule has 114 valence electrons. The molecule has 1 aliphatic rings. The quantitative estimate of drug-likeness (QED) is 0.644. The maximum Gasteiger partial charge on any atom is 0.275 e. The van der Waals surface area contributed by atoms with Crippen LogP contribution in [0.3, 0.4) is 0 Å². The minimum Gasteiger partial charge on any atom is -0.369 e. The molecule has 1 aliphatic carbocycles. The van der Waals surface area contributed by atoms with Crippen molar-refractivity contribution in [1.29, 1.82) is 0 Å². The molecule has 0 aromatic heterocycles. The van der Waals surface area contributed by atoms with Crippen LogP contribution in [0.4, 0.5) is 5.69 Å². The van der Waals surface area contributed by atoms with E-state index in [4.69, 9.17) is 17.3 Å². The number of nitrogens with zero attached hydrogens (tertiary/aromatic N) is 1. The SMILES string of the molecule is NC(=O)C1CCC(NCc2ccc(Cl)cc2[N+](=O)[O-])CC1. The van der Waals surface area contributed by atoms with Crippen LogP contribution < -0.4 is 11.1 Å². The van der Waals surface area contributed by atoms with Crippen LogP contribution in [0.25, 0.3) is 0 Å². The van der Waals surface area contributed by atoms with Crippen molar-refractivity contribution < 1.29 is 9.72 Å². The van der Waals surface area contributed by atoms with Gasteiger partial charge in [0.15, 0.2) is 0 Å².